The van der Waals surface area contributed by atoms with E-state index in [1.165, 1.54) is 6.08 Å². The fraction of sp³-hybridized carbons (Fsp3) is 0.571. The zero-order valence-corrected chi connectivity index (χ0v) is 6.20. The van der Waals surface area contributed by atoms with Crippen molar-refractivity contribution in [2.24, 2.45) is 11.7 Å². The molecule has 0 heterocycles. The van der Waals surface area contributed by atoms with Gasteiger partial charge >= 0.3 is 0 Å². The summed E-state index contributed by atoms with van der Waals surface area (Å²) < 4.78 is 24.6. The van der Waals surface area contributed by atoms with Crippen LogP contribution in [0, 0.1) is 11.3 Å². The minimum absolute atomic E-state index is 0.0602. The third-order valence-corrected chi connectivity index (χ3v) is 1.58. The van der Waals surface area contributed by atoms with Crippen LogP contribution >= 0.6 is 0 Å². The van der Waals surface area contributed by atoms with Crippen LogP contribution in [-0.2, 0) is 0 Å². The molecule has 1 atom stereocenters. The zero-order chi connectivity index (χ0) is 8.65. The van der Waals surface area contributed by atoms with Crippen LogP contribution in [0.15, 0.2) is 11.8 Å². The molecule has 0 radical (unpaired) electrons. The first kappa shape index (κ1) is 8.17. The minimum atomic E-state index is -2.65. The number of nitrogens with two attached hydrogens (primary N) is 1. The van der Waals surface area contributed by atoms with Crippen LogP contribution in [0.5, 0.6) is 0 Å². The molecule has 4 heteroatoms. The third-order valence-electron chi connectivity index (χ3n) is 1.58. The van der Waals surface area contributed by atoms with Gasteiger partial charge in [0.2, 0.25) is 0 Å². The molecule has 11 heavy (non-hydrogen) atoms. The first-order valence-corrected chi connectivity index (χ1v) is 3.33. The number of alkyl halides is 2. The number of hydrogen-bond donors (Lipinski definition) is 2. The second kappa shape index (κ2) is 2.29. The molecule has 2 nitrogen and oxygen atoms in total. The standard InChI is InChI=1S/C7H10F2N2/c1-4(10)2-6(11)5-3-7(5,8)9/h2,5,11H,3,10H2,1H3/b4-2-,11-6?. The molecule has 0 aromatic rings. The molecule has 1 fully saturated rings. The summed E-state index contributed by atoms with van der Waals surface area (Å²) in [6.07, 6.45) is 1.08. The van der Waals surface area contributed by atoms with E-state index in [2.05, 4.69) is 0 Å². The lowest BCUT2D eigenvalue weighted by molar-refractivity contribution is 0.110. The normalized spacial score (nSPS) is 28.3. The van der Waals surface area contributed by atoms with Crippen LogP contribution in [-0.4, -0.2) is 11.6 Å². The van der Waals surface area contributed by atoms with Gasteiger partial charge in [-0.05, 0) is 13.0 Å². The SMILES string of the molecule is C/C(N)=C/C(=N)C1CC1(F)F. The Labute approximate surface area is 63.6 Å². The lowest BCUT2D eigenvalue weighted by Gasteiger charge is -1.95. The van der Waals surface area contributed by atoms with Gasteiger partial charge in [0.15, 0.2) is 0 Å². The van der Waals surface area contributed by atoms with Crippen LogP contribution < -0.4 is 5.73 Å². The Morgan fingerprint density at radius 3 is 2.45 bits per heavy atom. The number of halogens is 2. The van der Waals surface area contributed by atoms with Gasteiger partial charge in [-0.25, -0.2) is 8.78 Å². The lowest BCUT2D eigenvalue weighted by atomic mass is 10.2. The van der Waals surface area contributed by atoms with Gasteiger partial charge in [0.25, 0.3) is 5.92 Å². The molecule has 62 valence electrons. The van der Waals surface area contributed by atoms with E-state index < -0.39 is 11.8 Å². The fourth-order valence-electron chi connectivity index (χ4n) is 0.897. The van der Waals surface area contributed by atoms with Crippen molar-refractivity contribution < 1.29 is 8.78 Å². The summed E-state index contributed by atoms with van der Waals surface area (Å²) in [5.74, 6) is -3.54. The highest BCUT2D eigenvalue weighted by atomic mass is 19.3. The predicted octanol–water partition coefficient (Wildman–Crippen LogP) is 1.52. The summed E-state index contributed by atoms with van der Waals surface area (Å²) in [5, 5.41) is 7.16. The molecule has 1 aliphatic rings. The van der Waals surface area contributed by atoms with Crippen molar-refractivity contribution in [1.29, 1.82) is 5.41 Å². The highest BCUT2D eigenvalue weighted by Crippen LogP contribution is 2.49. The molecule has 1 aliphatic carbocycles. The second-order valence-corrected chi connectivity index (χ2v) is 2.86. The van der Waals surface area contributed by atoms with Crippen molar-refractivity contribution in [2.45, 2.75) is 19.3 Å². The van der Waals surface area contributed by atoms with Crippen molar-refractivity contribution in [3.63, 3.8) is 0 Å². The van der Waals surface area contributed by atoms with Gasteiger partial charge in [-0.2, -0.15) is 0 Å². The van der Waals surface area contributed by atoms with E-state index in [1.807, 2.05) is 0 Å². The van der Waals surface area contributed by atoms with Crippen molar-refractivity contribution in [2.75, 3.05) is 0 Å². The summed E-state index contributed by atoms with van der Waals surface area (Å²) in [4.78, 5) is 0. The highest BCUT2D eigenvalue weighted by molar-refractivity contribution is 5.97. The molecule has 0 aromatic heterocycles. The topological polar surface area (TPSA) is 49.9 Å². The predicted molar refractivity (Wildman–Crippen MR) is 38.7 cm³/mol. The Morgan fingerprint density at radius 1 is 1.73 bits per heavy atom. The molecule has 1 unspecified atom stereocenters. The number of allylic oxidation sites excluding steroid dienone is 2. The van der Waals surface area contributed by atoms with Gasteiger partial charge in [0.05, 0.1) is 5.92 Å². The summed E-state index contributed by atoms with van der Waals surface area (Å²) in [6, 6.07) is 0. The molecule has 1 saturated carbocycles. The largest absolute Gasteiger partial charge is 0.402 e. The molecule has 0 amide bonds. The molecule has 1 rings (SSSR count). The van der Waals surface area contributed by atoms with Crippen LogP contribution in [0.4, 0.5) is 8.78 Å². The van der Waals surface area contributed by atoms with E-state index in [9.17, 15) is 8.78 Å². The van der Waals surface area contributed by atoms with E-state index in [-0.39, 0.29) is 12.1 Å². The molecular weight excluding hydrogens is 150 g/mol. The van der Waals surface area contributed by atoms with Crippen molar-refractivity contribution in [3.05, 3.63) is 11.8 Å². The van der Waals surface area contributed by atoms with Gasteiger partial charge in [0, 0.05) is 17.8 Å². The van der Waals surface area contributed by atoms with Crippen molar-refractivity contribution in [3.8, 4) is 0 Å². The zero-order valence-electron chi connectivity index (χ0n) is 6.20. The van der Waals surface area contributed by atoms with Crippen LogP contribution in [0.2, 0.25) is 0 Å². The third kappa shape index (κ3) is 1.76. The lowest BCUT2D eigenvalue weighted by Crippen LogP contribution is -2.06. The van der Waals surface area contributed by atoms with E-state index in [0.717, 1.165) is 0 Å². The van der Waals surface area contributed by atoms with Gasteiger partial charge in [-0.3, -0.25) is 0 Å². The number of hydrogen-bond acceptors (Lipinski definition) is 2. The average Bonchev–Trinajstić information content (AvgIpc) is 2.38. The smallest absolute Gasteiger partial charge is 0.257 e. The Kier molecular flexibility index (Phi) is 1.70. The van der Waals surface area contributed by atoms with Gasteiger partial charge in [-0.15, -0.1) is 0 Å². The molecule has 0 spiro atoms. The Bertz CT molecular complexity index is 216. The monoisotopic (exact) mass is 160 g/mol. The minimum Gasteiger partial charge on any atom is -0.402 e. The Morgan fingerprint density at radius 2 is 2.18 bits per heavy atom. The van der Waals surface area contributed by atoms with Gasteiger partial charge in [0.1, 0.15) is 0 Å². The van der Waals surface area contributed by atoms with Crippen LogP contribution in [0.25, 0.3) is 0 Å². The maximum absolute atomic E-state index is 12.3. The summed E-state index contributed by atoms with van der Waals surface area (Å²) in [7, 11) is 0. The maximum Gasteiger partial charge on any atom is 0.257 e. The number of nitrogens with one attached hydrogen (secondary N) is 1. The first-order valence-electron chi connectivity index (χ1n) is 3.33. The van der Waals surface area contributed by atoms with Crippen LogP contribution in [0.1, 0.15) is 13.3 Å². The summed E-state index contributed by atoms with van der Waals surface area (Å²) in [6.45, 7) is 1.58. The van der Waals surface area contributed by atoms with Crippen molar-refractivity contribution in [1.82, 2.24) is 0 Å². The second-order valence-electron chi connectivity index (χ2n) is 2.86. The average molecular weight is 160 g/mol. The number of rotatable bonds is 2. The van der Waals surface area contributed by atoms with Crippen LogP contribution in [0.3, 0.4) is 0 Å². The fourth-order valence-corrected chi connectivity index (χ4v) is 0.897. The van der Waals surface area contributed by atoms with E-state index in [0.29, 0.717) is 5.70 Å². The van der Waals surface area contributed by atoms with Crippen molar-refractivity contribution >= 4 is 5.71 Å². The Balaban J connectivity index is 2.54. The molecular formula is C7H10F2N2. The molecule has 3 N–H and O–H groups in total. The maximum atomic E-state index is 12.3. The molecule has 0 saturated heterocycles. The molecule has 0 bridgehead atoms. The van der Waals surface area contributed by atoms with E-state index in [4.69, 9.17) is 11.1 Å². The van der Waals surface area contributed by atoms with E-state index in [1.54, 1.807) is 6.92 Å². The van der Waals surface area contributed by atoms with E-state index >= 15 is 0 Å². The molecule has 0 aromatic carbocycles. The Hall–Kier alpha value is -0.930. The first-order chi connectivity index (χ1) is 4.93. The highest BCUT2D eigenvalue weighted by Gasteiger charge is 2.58. The van der Waals surface area contributed by atoms with Gasteiger partial charge in [-0.1, -0.05) is 0 Å². The summed E-state index contributed by atoms with van der Waals surface area (Å²) >= 11 is 0. The summed E-state index contributed by atoms with van der Waals surface area (Å²) in [5.41, 5.74) is 5.56. The molecule has 0 aliphatic heterocycles. The van der Waals surface area contributed by atoms with Gasteiger partial charge < -0.3 is 11.1 Å². The quantitative estimate of drug-likeness (QED) is 0.591.